The first kappa shape index (κ1) is 20.8. The third-order valence-electron chi connectivity index (χ3n) is 5.40. The number of unbranched alkanes of at least 4 members (excludes halogenated alkanes) is 2. The molecule has 2 fully saturated rings. The molecule has 2 aliphatic rings. The first-order chi connectivity index (χ1) is 13.4. The van der Waals surface area contributed by atoms with Crippen molar-refractivity contribution in [2.24, 2.45) is 0 Å². The molecular formula is C20H31N4O3S+. The Morgan fingerprint density at radius 1 is 1.21 bits per heavy atom. The summed E-state index contributed by atoms with van der Waals surface area (Å²) >= 11 is 1.94. The molecule has 3 atom stereocenters. The monoisotopic (exact) mass is 407 g/mol. The molecular weight excluding hydrogens is 376 g/mol. The molecule has 2 saturated heterocycles. The van der Waals surface area contributed by atoms with Crippen LogP contribution in [0.4, 0.5) is 9.59 Å². The second kappa shape index (κ2) is 9.03. The van der Waals surface area contributed by atoms with Gasteiger partial charge in [0.2, 0.25) is 11.4 Å². The van der Waals surface area contributed by atoms with Crippen LogP contribution >= 0.6 is 11.8 Å². The molecule has 3 rings (SSSR count). The number of pyridine rings is 1. The molecule has 7 nitrogen and oxygen atoms in total. The molecule has 2 N–H and O–H groups in total. The molecule has 154 valence electrons. The summed E-state index contributed by atoms with van der Waals surface area (Å²) in [5, 5.41) is 8.00. The van der Waals surface area contributed by atoms with Gasteiger partial charge in [0.25, 0.3) is 0 Å². The highest BCUT2D eigenvalue weighted by molar-refractivity contribution is 8.00. The van der Waals surface area contributed by atoms with Crippen molar-refractivity contribution < 1.29 is 19.0 Å². The molecule has 1 aromatic heterocycles. The number of fused-ring (bicyclic) bond motifs is 1. The number of hydrogen-bond donors (Lipinski definition) is 2. The number of rotatable bonds is 7. The van der Waals surface area contributed by atoms with Gasteiger partial charge in [0, 0.05) is 37.0 Å². The first-order valence-electron chi connectivity index (χ1n) is 9.96. The van der Waals surface area contributed by atoms with E-state index >= 15 is 0 Å². The number of aryl methyl sites for hydroxylation is 3. The Balaban J connectivity index is 1.35. The van der Waals surface area contributed by atoms with Gasteiger partial charge >= 0.3 is 12.1 Å². The van der Waals surface area contributed by atoms with E-state index in [2.05, 4.69) is 10.6 Å². The molecule has 0 aromatic carbocycles. The van der Waals surface area contributed by atoms with E-state index in [9.17, 15) is 9.59 Å². The number of ether oxygens (including phenoxy) is 1. The summed E-state index contributed by atoms with van der Waals surface area (Å²) in [6.45, 7) is 6.44. The van der Waals surface area contributed by atoms with E-state index in [1.165, 1.54) is 10.6 Å². The highest BCUT2D eigenvalue weighted by Crippen LogP contribution is 2.33. The van der Waals surface area contributed by atoms with Crippen LogP contribution in [0.2, 0.25) is 0 Å². The molecule has 0 bridgehead atoms. The maximum Gasteiger partial charge on any atom is 0.463 e. The van der Waals surface area contributed by atoms with Crippen molar-refractivity contribution in [2.45, 2.75) is 63.8 Å². The van der Waals surface area contributed by atoms with E-state index in [1.54, 1.807) is 7.05 Å². The first-order valence-corrected chi connectivity index (χ1v) is 11.0. The average molecular weight is 408 g/mol. The lowest BCUT2D eigenvalue weighted by atomic mass is 10.0. The third kappa shape index (κ3) is 4.71. The van der Waals surface area contributed by atoms with Crippen molar-refractivity contribution in [2.75, 3.05) is 24.4 Å². The predicted molar refractivity (Wildman–Crippen MR) is 110 cm³/mol. The van der Waals surface area contributed by atoms with Crippen LogP contribution in [-0.2, 0) is 4.74 Å². The Morgan fingerprint density at radius 2 is 1.93 bits per heavy atom. The van der Waals surface area contributed by atoms with Gasteiger partial charge in [0.15, 0.2) is 0 Å². The summed E-state index contributed by atoms with van der Waals surface area (Å²) in [5.74, 6) is 0.994. The number of hydrogen-bond acceptors (Lipinski definition) is 4. The van der Waals surface area contributed by atoms with Gasteiger partial charge in [-0.2, -0.15) is 11.8 Å². The maximum absolute atomic E-state index is 12.4. The fourth-order valence-corrected chi connectivity index (χ4v) is 5.72. The number of nitrogens with zero attached hydrogens (tertiary/aromatic N) is 2. The largest absolute Gasteiger partial charge is 0.463 e. The summed E-state index contributed by atoms with van der Waals surface area (Å²) in [7, 11) is 1.73. The molecule has 0 aliphatic carbocycles. The summed E-state index contributed by atoms with van der Waals surface area (Å²) in [6.07, 6.45) is 3.69. The molecule has 3 heterocycles. The van der Waals surface area contributed by atoms with Crippen LogP contribution in [0.25, 0.3) is 0 Å². The summed E-state index contributed by atoms with van der Waals surface area (Å²) < 4.78 is 7.32. The van der Waals surface area contributed by atoms with Crippen molar-refractivity contribution in [1.82, 2.24) is 10.6 Å². The normalized spacial score (nSPS) is 23.1. The fourth-order valence-electron chi connectivity index (χ4n) is 4.18. The van der Waals surface area contributed by atoms with Gasteiger partial charge in [0.1, 0.15) is 0 Å². The topological polar surface area (TPSA) is 74.5 Å². The van der Waals surface area contributed by atoms with Gasteiger partial charge in [0.05, 0.1) is 25.7 Å². The lowest BCUT2D eigenvalue weighted by molar-refractivity contribution is -0.692. The SMILES string of the molecule is Cc1cc(C)[n+](N(C)C(=O)OCCCCC[C@@H]2SC[C@@H]3NC(=O)N[C@@H]32)c(C)c1. The second-order valence-electron chi connectivity index (χ2n) is 7.74. The van der Waals surface area contributed by atoms with Gasteiger partial charge < -0.3 is 15.4 Å². The van der Waals surface area contributed by atoms with E-state index in [-0.39, 0.29) is 24.2 Å². The zero-order chi connectivity index (χ0) is 20.3. The molecule has 2 aliphatic heterocycles. The second-order valence-corrected chi connectivity index (χ2v) is 9.01. The predicted octanol–water partition coefficient (Wildman–Crippen LogP) is 2.33. The Labute approximate surface area is 171 Å². The molecule has 0 spiro atoms. The van der Waals surface area contributed by atoms with Crippen molar-refractivity contribution >= 4 is 23.9 Å². The summed E-state index contributed by atoms with van der Waals surface area (Å²) in [4.78, 5) is 23.8. The van der Waals surface area contributed by atoms with Crippen molar-refractivity contribution in [1.29, 1.82) is 0 Å². The quantitative estimate of drug-likeness (QED) is 0.413. The minimum absolute atomic E-state index is 0.0340. The Morgan fingerprint density at radius 3 is 2.64 bits per heavy atom. The highest BCUT2D eigenvalue weighted by atomic mass is 32.2. The van der Waals surface area contributed by atoms with Crippen LogP contribution in [-0.4, -0.2) is 48.9 Å². The molecule has 1 aromatic rings. The summed E-state index contributed by atoms with van der Waals surface area (Å²) in [6, 6.07) is 4.61. The van der Waals surface area contributed by atoms with Crippen LogP contribution in [0.1, 0.15) is 42.6 Å². The molecule has 3 amide bonds. The van der Waals surface area contributed by atoms with Crippen molar-refractivity contribution in [3.8, 4) is 0 Å². The lowest BCUT2D eigenvalue weighted by Crippen LogP contribution is -2.62. The number of amides is 3. The Hall–Kier alpha value is -1.96. The molecule has 28 heavy (non-hydrogen) atoms. The number of nitrogens with one attached hydrogen (secondary N) is 2. The minimum atomic E-state index is -0.339. The van der Waals surface area contributed by atoms with Crippen LogP contribution in [0.5, 0.6) is 0 Å². The van der Waals surface area contributed by atoms with Gasteiger partial charge in [-0.3, -0.25) is 0 Å². The van der Waals surface area contributed by atoms with E-state index < -0.39 is 0 Å². The number of carbonyl (C=O) groups is 2. The van der Waals surface area contributed by atoms with Gasteiger partial charge in [-0.05, 0) is 25.3 Å². The number of carbonyl (C=O) groups excluding carboxylic acids is 2. The standard InChI is InChI=1S/C20H30N4O3S/c1-13-10-14(2)24(15(3)11-13)23(4)20(26)27-9-7-5-6-8-17-18-16(12-28-17)21-19(25)22-18/h10-11,16-18H,5-9,12H2,1-4H3,(H-,21,22,25)/p+1/t16-,17-,18-/m0/s1. The van der Waals surface area contributed by atoms with Crippen LogP contribution in [0.3, 0.4) is 0 Å². The number of aromatic nitrogens is 1. The zero-order valence-corrected chi connectivity index (χ0v) is 18.0. The number of thioether (sulfide) groups is 1. The van der Waals surface area contributed by atoms with Crippen LogP contribution in [0.15, 0.2) is 12.1 Å². The van der Waals surface area contributed by atoms with E-state index in [4.69, 9.17) is 4.74 Å². The molecule has 0 unspecified atom stereocenters. The van der Waals surface area contributed by atoms with Gasteiger partial charge in [-0.25, -0.2) is 9.59 Å². The smallest absolute Gasteiger partial charge is 0.446 e. The Bertz CT molecular complexity index is 719. The molecule has 0 saturated carbocycles. The average Bonchev–Trinajstić information content (AvgIpc) is 3.16. The maximum atomic E-state index is 12.4. The number of urea groups is 1. The zero-order valence-electron chi connectivity index (χ0n) is 17.2. The minimum Gasteiger partial charge on any atom is -0.446 e. The van der Waals surface area contributed by atoms with Crippen molar-refractivity contribution in [3.63, 3.8) is 0 Å². The molecule has 8 heteroatoms. The van der Waals surface area contributed by atoms with Gasteiger partial charge in [-0.15, -0.1) is 0 Å². The van der Waals surface area contributed by atoms with E-state index in [0.717, 1.165) is 42.8 Å². The third-order valence-corrected chi connectivity index (χ3v) is 6.91. The van der Waals surface area contributed by atoms with Crippen LogP contribution in [0, 0.1) is 20.8 Å². The fraction of sp³-hybridized carbons (Fsp3) is 0.650. The van der Waals surface area contributed by atoms with E-state index in [0.29, 0.717) is 11.9 Å². The highest BCUT2D eigenvalue weighted by Gasteiger charge is 2.42. The van der Waals surface area contributed by atoms with E-state index in [1.807, 2.05) is 49.3 Å². The molecule has 0 radical (unpaired) electrons. The lowest BCUT2D eigenvalue weighted by Gasteiger charge is -2.16. The van der Waals surface area contributed by atoms with Gasteiger partial charge in [-0.1, -0.05) is 22.5 Å². The summed E-state index contributed by atoms with van der Waals surface area (Å²) in [5.41, 5.74) is 3.17. The van der Waals surface area contributed by atoms with Crippen LogP contribution < -0.4 is 20.3 Å². The Kier molecular flexibility index (Phi) is 6.69. The van der Waals surface area contributed by atoms with Crippen molar-refractivity contribution in [3.05, 3.63) is 29.1 Å².